The van der Waals surface area contributed by atoms with Gasteiger partial charge in [-0.15, -0.1) is 23.2 Å². The molecular formula is C8H8Cl2N4O. The van der Waals surface area contributed by atoms with E-state index < -0.39 is 0 Å². The van der Waals surface area contributed by atoms with Gasteiger partial charge in [0.1, 0.15) is 0 Å². The molecule has 80 valence electrons. The lowest BCUT2D eigenvalue weighted by molar-refractivity contribution is 0.102. The summed E-state index contributed by atoms with van der Waals surface area (Å²) in [5.74, 6) is 0.361. The van der Waals surface area contributed by atoms with Crippen LogP contribution in [0.2, 0.25) is 0 Å². The summed E-state index contributed by atoms with van der Waals surface area (Å²) >= 11 is 9.53. The smallest absolute Gasteiger partial charge is 0.263 e. The van der Waals surface area contributed by atoms with Gasteiger partial charge in [-0.05, 0) is 0 Å². The van der Waals surface area contributed by atoms with Crippen LogP contribution in [0.25, 0.3) is 0 Å². The van der Waals surface area contributed by atoms with Gasteiger partial charge in [0.2, 0.25) is 0 Å². The minimum Gasteiger partial charge on any atom is -0.342 e. The maximum Gasteiger partial charge on any atom is 0.263 e. The summed E-state index contributed by atoms with van der Waals surface area (Å²) in [5, 5.41) is 0.194. The molecule has 0 aliphatic heterocycles. The third kappa shape index (κ3) is 3.38. The van der Waals surface area contributed by atoms with E-state index in [1.807, 2.05) is 0 Å². The number of H-pyrrole nitrogens is 2. The first-order valence-electron chi connectivity index (χ1n) is 3.95. The zero-order valence-corrected chi connectivity index (χ0v) is 9.09. The molecule has 0 aliphatic carbocycles. The third-order valence-corrected chi connectivity index (χ3v) is 1.43. The van der Waals surface area contributed by atoms with Gasteiger partial charge >= 0.3 is 0 Å². The van der Waals surface area contributed by atoms with Crippen molar-refractivity contribution in [1.29, 1.82) is 0 Å². The van der Waals surface area contributed by atoms with Crippen LogP contribution in [0.15, 0.2) is 24.8 Å². The summed E-state index contributed by atoms with van der Waals surface area (Å²) in [6.45, 7) is 0. The average Bonchev–Trinajstić information content (AvgIpc) is 2.92. The molecule has 0 saturated heterocycles. The number of aromatic amines is 2. The van der Waals surface area contributed by atoms with Crippen molar-refractivity contribution in [3.05, 3.63) is 36.4 Å². The summed E-state index contributed by atoms with van der Waals surface area (Å²) in [4.78, 5) is 24.4. The molecule has 2 aromatic rings. The fourth-order valence-electron chi connectivity index (χ4n) is 0.891. The number of halogens is 2. The van der Waals surface area contributed by atoms with Gasteiger partial charge in [-0.25, -0.2) is 9.97 Å². The van der Waals surface area contributed by atoms with E-state index >= 15 is 0 Å². The minimum absolute atomic E-state index is 0.194. The number of alkyl halides is 2. The number of ketones is 1. The standard InChI is InChI=1S/C7H6N4O.CH2Cl2/c12-5(6-8-1-2-9-6)7-10-3-4-11-7;2-1-3/h1-4H,(H,8,9)(H,10,11);1H2. The summed E-state index contributed by atoms with van der Waals surface area (Å²) in [6.07, 6.45) is 6.23. The fourth-order valence-corrected chi connectivity index (χ4v) is 0.891. The van der Waals surface area contributed by atoms with Crippen molar-refractivity contribution < 1.29 is 4.79 Å². The number of aromatic nitrogens is 4. The van der Waals surface area contributed by atoms with E-state index in [4.69, 9.17) is 23.2 Å². The molecule has 0 amide bonds. The second kappa shape index (κ2) is 6.21. The van der Waals surface area contributed by atoms with E-state index in [0.29, 0.717) is 11.6 Å². The second-order valence-corrected chi connectivity index (χ2v) is 3.11. The van der Waals surface area contributed by atoms with Crippen molar-refractivity contribution in [2.24, 2.45) is 0 Å². The number of hydrogen-bond donors (Lipinski definition) is 2. The molecule has 0 saturated carbocycles. The van der Waals surface area contributed by atoms with Crippen LogP contribution in [0, 0.1) is 0 Å². The topological polar surface area (TPSA) is 74.4 Å². The normalized spacial score (nSPS) is 9.20. The van der Waals surface area contributed by atoms with Gasteiger partial charge in [0, 0.05) is 24.8 Å². The van der Waals surface area contributed by atoms with Crippen molar-refractivity contribution in [2.75, 3.05) is 5.34 Å². The summed E-state index contributed by atoms with van der Waals surface area (Å²) < 4.78 is 0. The van der Waals surface area contributed by atoms with Crippen molar-refractivity contribution >= 4 is 29.0 Å². The number of carbonyl (C=O) groups is 1. The van der Waals surface area contributed by atoms with Crippen LogP contribution >= 0.6 is 23.2 Å². The Hall–Kier alpha value is -1.33. The Labute approximate surface area is 95.8 Å². The zero-order valence-electron chi connectivity index (χ0n) is 7.58. The molecule has 5 nitrogen and oxygen atoms in total. The zero-order chi connectivity index (χ0) is 11.1. The highest BCUT2D eigenvalue weighted by atomic mass is 35.5. The Balaban J connectivity index is 0.000000337. The molecule has 7 heteroatoms. The first-order chi connectivity index (χ1) is 7.29. The van der Waals surface area contributed by atoms with Crippen LogP contribution in [0.5, 0.6) is 0 Å². The maximum atomic E-state index is 11.4. The maximum absolute atomic E-state index is 11.4. The van der Waals surface area contributed by atoms with E-state index in [1.165, 1.54) is 12.4 Å². The molecule has 0 bridgehead atoms. The van der Waals surface area contributed by atoms with E-state index in [2.05, 4.69) is 19.9 Å². The number of rotatable bonds is 2. The molecule has 2 N–H and O–H groups in total. The molecular weight excluding hydrogens is 239 g/mol. The van der Waals surface area contributed by atoms with E-state index in [-0.39, 0.29) is 11.1 Å². The van der Waals surface area contributed by atoms with Gasteiger partial charge in [-0.3, -0.25) is 4.79 Å². The molecule has 0 spiro atoms. The second-order valence-electron chi connectivity index (χ2n) is 2.31. The SMILES string of the molecule is ClCCl.O=C(c1ncc[nH]1)c1ncc[nH]1. The summed E-state index contributed by atoms with van der Waals surface area (Å²) in [5.41, 5.74) is 0. The largest absolute Gasteiger partial charge is 0.342 e. The predicted molar refractivity (Wildman–Crippen MR) is 57.2 cm³/mol. The van der Waals surface area contributed by atoms with Crippen LogP contribution in [-0.4, -0.2) is 31.1 Å². The molecule has 0 unspecified atom stereocenters. The van der Waals surface area contributed by atoms with Crippen molar-refractivity contribution in [3.63, 3.8) is 0 Å². The molecule has 0 fully saturated rings. The molecule has 2 aromatic heterocycles. The number of carbonyl (C=O) groups excluding carboxylic acids is 1. The van der Waals surface area contributed by atoms with Crippen LogP contribution in [0.3, 0.4) is 0 Å². The number of nitrogens with one attached hydrogen (secondary N) is 2. The Morgan fingerprint density at radius 2 is 1.53 bits per heavy atom. The predicted octanol–water partition coefficient (Wildman–Crippen LogP) is 1.79. The lowest BCUT2D eigenvalue weighted by atomic mass is 10.3. The summed E-state index contributed by atoms with van der Waals surface area (Å²) in [6, 6.07) is 0. The Morgan fingerprint density at radius 3 is 1.80 bits per heavy atom. The van der Waals surface area contributed by atoms with Gasteiger partial charge in [-0.2, -0.15) is 0 Å². The molecule has 0 atom stereocenters. The monoisotopic (exact) mass is 246 g/mol. The number of imidazole rings is 2. The minimum atomic E-state index is -0.231. The quantitative estimate of drug-likeness (QED) is 0.627. The van der Waals surface area contributed by atoms with Crippen LogP contribution in [-0.2, 0) is 0 Å². The van der Waals surface area contributed by atoms with E-state index in [0.717, 1.165) is 0 Å². The molecule has 2 rings (SSSR count). The Bertz CT molecular complexity index is 348. The highest BCUT2D eigenvalue weighted by Crippen LogP contribution is 1.98. The van der Waals surface area contributed by atoms with Crippen LogP contribution in [0.1, 0.15) is 16.4 Å². The average molecular weight is 247 g/mol. The van der Waals surface area contributed by atoms with Crippen molar-refractivity contribution in [3.8, 4) is 0 Å². The molecule has 0 radical (unpaired) electrons. The van der Waals surface area contributed by atoms with Crippen molar-refractivity contribution in [2.45, 2.75) is 0 Å². The number of nitrogens with zero attached hydrogens (tertiary/aromatic N) is 2. The molecule has 0 aromatic carbocycles. The van der Waals surface area contributed by atoms with Gasteiger partial charge in [0.15, 0.2) is 11.6 Å². The first-order valence-corrected chi connectivity index (χ1v) is 5.02. The lowest BCUT2D eigenvalue weighted by Gasteiger charge is -1.89. The Kier molecular flexibility index (Phi) is 4.86. The van der Waals surface area contributed by atoms with Gasteiger partial charge < -0.3 is 9.97 Å². The van der Waals surface area contributed by atoms with Gasteiger partial charge in [0.05, 0.1) is 5.34 Å². The van der Waals surface area contributed by atoms with Crippen LogP contribution < -0.4 is 0 Å². The lowest BCUT2D eigenvalue weighted by Crippen LogP contribution is -2.05. The van der Waals surface area contributed by atoms with E-state index in [1.54, 1.807) is 12.4 Å². The van der Waals surface area contributed by atoms with E-state index in [9.17, 15) is 4.79 Å². The Morgan fingerprint density at radius 1 is 1.13 bits per heavy atom. The van der Waals surface area contributed by atoms with Gasteiger partial charge in [-0.1, -0.05) is 0 Å². The van der Waals surface area contributed by atoms with Crippen molar-refractivity contribution in [1.82, 2.24) is 19.9 Å². The highest BCUT2D eigenvalue weighted by Gasteiger charge is 2.12. The summed E-state index contributed by atoms with van der Waals surface area (Å²) in [7, 11) is 0. The molecule has 15 heavy (non-hydrogen) atoms. The number of hydrogen-bond acceptors (Lipinski definition) is 3. The fraction of sp³-hybridized carbons (Fsp3) is 0.125. The molecule has 0 aliphatic rings. The first kappa shape index (κ1) is 11.7. The third-order valence-electron chi connectivity index (χ3n) is 1.43. The van der Waals surface area contributed by atoms with Gasteiger partial charge in [0.25, 0.3) is 5.78 Å². The highest BCUT2D eigenvalue weighted by molar-refractivity contribution is 6.40. The van der Waals surface area contributed by atoms with Crippen LogP contribution in [0.4, 0.5) is 0 Å². The molecule has 2 heterocycles.